The number of rotatable bonds is 3. The summed E-state index contributed by atoms with van der Waals surface area (Å²) in [5.41, 5.74) is 0.476. The van der Waals surface area contributed by atoms with E-state index in [1.807, 2.05) is 4.90 Å². The Morgan fingerprint density at radius 2 is 2.29 bits per heavy atom. The van der Waals surface area contributed by atoms with E-state index < -0.39 is 0 Å². The lowest BCUT2D eigenvalue weighted by Crippen LogP contribution is -2.35. The topological polar surface area (TPSA) is 49.3 Å². The number of carbonyl (C=O) groups excluding carboxylic acids is 1. The summed E-state index contributed by atoms with van der Waals surface area (Å²) in [7, 11) is 0. The molecule has 1 aliphatic heterocycles. The Hall–Kier alpha value is -0.530. The van der Waals surface area contributed by atoms with Crippen LogP contribution in [0.4, 0.5) is 0 Å². The molecule has 1 saturated heterocycles. The zero-order valence-electron chi connectivity index (χ0n) is 9.51. The molecule has 2 rings (SSSR count). The highest BCUT2D eigenvalue weighted by Crippen LogP contribution is 2.08. The third-order valence-corrected chi connectivity index (χ3v) is 3.71. The SMILES string of the molecule is O=C(c1csnn1)N1CCCN(CCBr)CC1. The van der Waals surface area contributed by atoms with E-state index in [2.05, 4.69) is 30.4 Å². The number of nitrogens with zero attached hydrogens (tertiary/aromatic N) is 4. The number of hydrogen-bond donors (Lipinski definition) is 0. The molecule has 1 amide bonds. The van der Waals surface area contributed by atoms with E-state index in [1.54, 1.807) is 5.38 Å². The van der Waals surface area contributed by atoms with Crippen LogP contribution in [0.3, 0.4) is 0 Å². The number of aromatic nitrogens is 2. The van der Waals surface area contributed by atoms with Gasteiger partial charge in [-0.25, -0.2) is 0 Å². The Kier molecular flexibility index (Phi) is 4.87. The minimum atomic E-state index is 0.0134. The summed E-state index contributed by atoms with van der Waals surface area (Å²) in [4.78, 5) is 16.3. The highest BCUT2D eigenvalue weighted by molar-refractivity contribution is 9.09. The Labute approximate surface area is 113 Å². The molecule has 1 aliphatic rings. The van der Waals surface area contributed by atoms with Crippen molar-refractivity contribution in [1.82, 2.24) is 19.4 Å². The van der Waals surface area contributed by atoms with Crippen LogP contribution in [-0.2, 0) is 0 Å². The molecule has 1 aromatic heterocycles. The molecule has 0 aromatic carbocycles. The van der Waals surface area contributed by atoms with E-state index in [1.165, 1.54) is 11.5 Å². The molecule has 0 atom stereocenters. The molecule has 0 N–H and O–H groups in total. The van der Waals surface area contributed by atoms with E-state index in [0.717, 1.165) is 44.5 Å². The van der Waals surface area contributed by atoms with Crippen molar-refractivity contribution in [2.75, 3.05) is 38.1 Å². The molecular weight excluding hydrogens is 304 g/mol. The first-order valence-electron chi connectivity index (χ1n) is 5.66. The van der Waals surface area contributed by atoms with Crippen molar-refractivity contribution >= 4 is 33.4 Å². The minimum absolute atomic E-state index is 0.0134. The Balaban J connectivity index is 1.92. The van der Waals surface area contributed by atoms with Crippen molar-refractivity contribution in [1.29, 1.82) is 0 Å². The van der Waals surface area contributed by atoms with Crippen LogP contribution in [0, 0.1) is 0 Å². The Bertz CT molecular complexity index is 359. The van der Waals surface area contributed by atoms with Crippen molar-refractivity contribution < 1.29 is 4.79 Å². The number of amides is 1. The molecule has 17 heavy (non-hydrogen) atoms. The van der Waals surface area contributed by atoms with Crippen LogP contribution in [-0.4, -0.2) is 63.3 Å². The molecule has 0 spiro atoms. The normalized spacial score (nSPS) is 18.1. The van der Waals surface area contributed by atoms with Gasteiger partial charge in [0.1, 0.15) is 0 Å². The molecule has 94 valence electrons. The fourth-order valence-electron chi connectivity index (χ4n) is 1.94. The zero-order chi connectivity index (χ0) is 12.1. The van der Waals surface area contributed by atoms with Crippen molar-refractivity contribution in [3.8, 4) is 0 Å². The Morgan fingerprint density at radius 3 is 3.00 bits per heavy atom. The van der Waals surface area contributed by atoms with Crippen LogP contribution in [0.2, 0.25) is 0 Å². The standard InChI is InChI=1S/C10H15BrN4OS/c11-2-5-14-3-1-4-15(7-6-14)10(16)9-8-17-13-12-9/h8H,1-7H2. The van der Waals surface area contributed by atoms with Crippen molar-refractivity contribution in [2.24, 2.45) is 0 Å². The summed E-state index contributed by atoms with van der Waals surface area (Å²) in [6.07, 6.45) is 1.02. The number of halogens is 1. The monoisotopic (exact) mass is 318 g/mol. The fourth-order valence-corrected chi connectivity index (χ4v) is 2.87. The van der Waals surface area contributed by atoms with Gasteiger partial charge in [0.05, 0.1) is 0 Å². The van der Waals surface area contributed by atoms with Crippen LogP contribution in [0.25, 0.3) is 0 Å². The van der Waals surface area contributed by atoms with E-state index >= 15 is 0 Å². The molecule has 1 fully saturated rings. The predicted octanol–water partition coefficient (Wildman–Crippen LogP) is 1.08. The summed E-state index contributed by atoms with van der Waals surface area (Å²) in [6.45, 7) is 4.64. The van der Waals surface area contributed by atoms with Gasteiger partial charge in [-0.3, -0.25) is 4.79 Å². The molecule has 0 radical (unpaired) electrons. The molecule has 0 unspecified atom stereocenters. The van der Waals surface area contributed by atoms with E-state index in [4.69, 9.17) is 0 Å². The average Bonchev–Trinajstić information content (AvgIpc) is 2.76. The van der Waals surface area contributed by atoms with E-state index in [9.17, 15) is 4.79 Å². The van der Waals surface area contributed by atoms with Gasteiger partial charge in [0.2, 0.25) is 0 Å². The van der Waals surface area contributed by atoms with E-state index in [-0.39, 0.29) is 5.91 Å². The third kappa shape index (κ3) is 3.46. The van der Waals surface area contributed by atoms with Crippen molar-refractivity contribution in [3.63, 3.8) is 0 Å². The lowest BCUT2D eigenvalue weighted by atomic mass is 10.3. The minimum Gasteiger partial charge on any atom is -0.336 e. The number of alkyl halides is 1. The Morgan fingerprint density at radius 1 is 1.41 bits per heavy atom. The molecular formula is C10H15BrN4OS. The van der Waals surface area contributed by atoms with Gasteiger partial charge >= 0.3 is 0 Å². The highest BCUT2D eigenvalue weighted by atomic mass is 79.9. The molecule has 0 bridgehead atoms. The van der Waals surface area contributed by atoms with Crippen LogP contribution < -0.4 is 0 Å². The summed E-state index contributed by atoms with van der Waals surface area (Å²) in [5.74, 6) is 0.0134. The summed E-state index contributed by atoms with van der Waals surface area (Å²) in [6, 6.07) is 0. The van der Waals surface area contributed by atoms with Crippen LogP contribution >= 0.6 is 27.5 Å². The molecule has 5 nitrogen and oxygen atoms in total. The maximum absolute atomic E-state index is 12.1. The number of hydrogen-bond acceptors (Lipinski definition) is 5. The predicted molar refractivity (Wildman–Crippen MR) is 70.7 cm³/mol. The molecule has 7 heteroatoms. The van der Waals surface area contributed by atoms with Crippen molar-refractivity contribution in [3.05, 3.63) is 11.1 Å². The van der Waals surface area contributed by atoms with Gasteiger partial charge in [-0.1, -0.05) is 20.4 Å². The van der Waals surface area contributed by atoms with Gasteiger partial charge in [-0.2, -0.15) is 0 Å². The van der Waals surface area contributed by atoms with Crippen LogP contribution in [0.1, 0.15) is 16.9 Å². The second kappa shape index (κ2) is 6.42. The smallest absolute Gasteiger partial charge is 0.275 e. The fraction of sp³-hybridized carbons (Fsp3) is 0.700. The van der Waals surface area contributed by atoms with Crippen LogP contribution in [0.15, 0.2) is 5.38 Å². The zero-order valence-corrected chi connectivity index (χ0v) is 11.9. The average molecular weight is 319 g/mol. The summed E-state index contributed by atoms with van der Waals surface area (Å²) >= 11 is 4.67. The van der Waals surface area contributed by atoms with Crippen molar-refractivity contribution in [2.45, 2.75) is 6.42 Å². The van der Waals surface area contributed by atoms with Gasteiger partial charge in [-0.15, -0.1) is 5.10 Å². The summed E-state index contributed by atoms with van der Waals surface area (Å²) in [5, 5.41) is 6.53. The lowest BCUT2D eigenvalue weighted by Gasteiger charge is -2.20. The summed E-state index contributed by atoms with van der Waals surface area (Å²) < 4.78 is 3.73. The van der Waals surface area contributed by atoms with E-state index in [0.29, 0.717) is 5.69 Å². The quantitative estimate of drug-likeness (QED) is 0.783. The number of carbonyl (C=O) groups is 1. The van der Waals surface area contributed by atoms with Gasteiger partial charge in [0.25, 0.3) is 5.91 Å². The van der Waals surface area contributed by atoms with Crippen LogP contribution in [0.5, 0.6) is 0 Å². The first-order chi connectivity index (χ1) is 8.31. The first kappa shape index (κ1) is 12.9. The lowest BCUT2D eigenvalue weighted by molar-refractivity contribution is 0.0756. The second-order valence-electron chi connectivity index (χ2n) is 3.97. The highest BCUT2D eigenvalue weighted by Gasteiger charge is 2.21. The largest absolute Gasteiger partial charge is 0.336 e. The van der Waals surface area contributed by atoms with Gasteiger partial charge in [0, 0.05) is 36.9 Å². The van der Waals surface area contributed by atoms with Gasteiger partial charge < -0.3 is 9.80 Å². The molecule has 2 heterocycles. The first-order valence-corrected chi connectivity index (χ1v) is 7.61. The third-order valence-electron chi connectivity index (χ3n) is 2.86. The maximum Gasteiger partial charge on any atom is 0.275 e. The van der Waals surface area contributed by atoms with Gasteiger partial charge in [-0.05, 0) is 24.5 Å². The molecule has 0 aliphatic carbocycles. The maximum atomic E-state index is 12.1. The molecule has 1 aromatic rings. The molecule has 0 saturated carbocycles. The van der Waals surface area contributed by atoms with Gasteiger partial charge in [0.15, 0.2) is 5.69 Å². The second-order valence-corrected chi connectivity index (χ2v) is 5.37.